The van der Waals surface area contributed by atoms with Crippen molar-refractivity contribution in [3.8, 4) is 17.0 Å². The molecule has 0 bridgehead atoms. The van der Waals surface area contributed by atoms with Crippen LogP contribution in [0.5, 0.6) is 5.75 Å². The van der Waals surface area contributed by atoms with E-state index in [9.17, 15) is 4.39 Å². The van der Waals surface area contributed by atoms with Gasteiger partial charge in [-0.15, -0.1) is 0 Å². The highest BCUT2D eigenvalue weighted by atomic mass is 79.9. The number of ether oxygens (including phenoxy) is 1. The summed E-state index contributed by atoms with van der Waals surface area (Å²) in [6.45, 7) is 0. The van der Waals surface area contributed by atoms with Crippen LogP contribution in [0, 0.1) is 5.82 Å². The molecular weight excluding hydrogens is 361 g/mol. The second kappa shape index (κ2) is 5.31. The van der Waals surface area contributed by atoms with Gasteiger partial charge < -0.3 is 10.1 Å². The molecular formula is C17H13BrFN3O. The summed E-state index contributed by atoms with van der Waals surface area (Å²) in [7, 11) is 1.46. The minimum absolute atomic E-state index is 0.237. The Balaban J connectivity index is 1.79. The summed E-state index contributed by atoms with van der Waals surface area (Å²) in [6.07, 6.45) is 0. The van der Waals surface area contributed by atoms with Gasteiger partial charge in [0.1, 0.15) is 5.82 Å². The van der Waals surface area contributed by atoms with Crippen molar-refractivity contribution in [2.45, 2.75) is 0 Å². The number of methoxy groups -OCH3 is 1. The molecule has 0 atom stereocenters. The Morgan fingerprint density at radius 2 is 2.00 bits per heavy atom. The van der Waals surface area contributed by atoms with Gasteiger partial charge in [-0.2, -0.15) is 0 Å². The largest absolute Gasteiger partial charge is 0.494 e. The first-order valence-electron chi connectivity index (χ1n) is 7.04. The molecule has 0 fully saturated rings. The van der Waals surface area contributed by atoms with Gasteiger partial charge in [0.05, 0.1) is 12.8 Å². The topological polar surface area (TPSA) is 52.8 Å². The number of hydrogen-bond donors (Lipinski definition) is 3. The van der Waals surface area contributed by atoms with E-state index >= 15 is 0 Å². The van der Waals surface area contributed by atoms with Crippen molar-refractivity contribution < 1.29 is 9.13 Å². The van der Waals surface area contributed by atoms with Crippen LogP contribution in [0.4, 0.5) is 15.9 Å². The Morgan fingerprint density at radius 3 is 2.78 bits per heavy atom. The highest BCUT2D eigenvalue weighted by Gasteiger charge is 2.19. The molecule has 0 saturated carbocycles. The van der Waals surface area contributed by atoms with Gasteiger partial charge in [-0.25, -0.2) is 4.39 Å². The molecule has 0 aromatic heterocycles. The Bertz CT molecular complexity index is 975. The smallest absolute Gasteiger partial charge is 0.165 e. The number of halogens is 2. The Morgan fingerprint density at radius 1 is 1.13 bits per heavy atom. The molecule has 0 spiro atoms. The van der Waals surface area contributed by atoms with Gasteiger partial charge in [0.25, 0.3) is 0 Å². The lowest BCUT2D eigenvalue weighted by atomic mass is 10.2. The lowest BCUT2D eigenvalue weighted by molar-refractivity contribution is 0.387. The third-order valence-corrected chi connectivity index (χ3v) is 4.33. The lowest BCUT2D eigenvalue weighted by Crippen LogP contribution is -1.90. The molecule has 6 heteroatoms. The van der Waals surface area contributed by atoms with E-state index in [1.54, 1.807) is 6.07 Å². The molecule has 0 saturated heterocycles. The van der Waals surface area contributed by atoms with Crippen molar-refractivity contribution in [2.75, 3.05) is 12.4 Å². The maximum absolute atomic E-state index is 13.9. The summed E-state index contributed by atoms with van der Waals surface area (Å²) >= 11 is 3.45. The maximum atomic E-state index is 13.9. The van der Waals surface area contributed by atoms with Gasteiger partial charge >= 0.3 is 0 Å². The third kappa shape index (κ3) is 2.35. The third-order valence-electron chi connectivity index (χ3n) is 3.84. The molecule has 2 aromatic rings. The highest BCUT2D eigenvalue weighted by molar-refractivity contribution is 9.10. The van der Waals surface area contributed by atoms with Crippen molar-refractivity contribution in [1.29, 1.82) is 0 Å². The van der Waals surface area contributed by atoms with Crippen LogP contribution >= 0.6 is 15.9 Å². The molecule has 1 aliphatic carbocycles. The molecule has 0 unspecified atom stereocenters. The first kappa shape index (κ1) is 14.1. The molecule has 4 rings (SSSR count). The van der Waals surface area contributed by atoms with Gasteiger partial charge in [-0.05, 0) is 41.8 Å². The van der Waals surface area contributed by atoms with Crippen molar-refractivity contribution in [3.63, 3.8) is 0 Å². The number of hydrogen-bond acceptors (Lipinski definition) is 2. The predicted octanol–water partition coefficient (Wildman–Crippen LogP) is 5.25. The number of nitrogens with one attached hydrogen (secondary N) is 3. The highest BCUT2D eigenvalue weighted by Crippen LogP contribution is 2.40. The zero-order valence-electron chi connectivity index (χ0n) is 12.2. The van der Waals surface area contributed by atoms with E-state index in [1.807, 2.05) is 30.3 Å². The first-order valence-corrected chi connectivity index (χ1v) is 7.84. The number of aromatic nitrogens is 2. The number of anilines is 2. The average molecular weight is 374 g/mol. The zero-order chi connectivity index (χ0) is 16.0. The van der Waals surface area contributed by atoms with E-state index in [1.165, 1.54) is 13.2 Å². The van der Waals surface area contributed by atoms with Crippen molar-refractivity contribution in [3.05, 3.63) is 52.8 Å². The molecule has 3 N–H and O–H groups in total. The van der Waals surface area contributed by atoms with Gasteiger partial charge in [0, 0.05) is 21.1 Å². The quantitative estimate of drug-likeness (QED) is 0.459. The van der Waals surface area contributed by atoms with Crippen LogP contribution in [0.25, 0.3) is 22.0 Å². The fraction of sp³-hybridized carbons (Fsp3) is 0.0588. The van der Waals surface area contributed by atoms with Crippen molar-refractivity contribution >= 4 is 38.2 Å². The van der Waals surface area contributed by atoms with Gasteiger partial charge in [-0.3, -0.25) is 10.2 Å². The average Bonchev–Trinajstić information content (AvgIpc) is 3.06. The standard InChI is InChI=1S/C17H13BrFN3O/c1-23-15-8-12-9(6-14(15)19)5-13-16(12)21-22-17(13)20-11-4-2-3-10(18)7-11/h2-8,20-22H,1H3. The molecule has 0 amide bonds. The van der Waals surface area contributed by atoms with E-state index in [0.717, 1.165) is 38.0 Å². The van der Waals surface area contributed by atoms with Crippen molar-refractivity contribution in [2.24, 2.45) is 0 Å². The number of rotatable bonds is 3. The van der Waals surface area contributed by atoms with Gasteiger partial charge in [-0.1, -0.05) is 22.0 Å². The van der Waals surface area contributed by atoms with Crippen LogP contribution in [0.15, 0.2) is 46.9 Å². The number of H-pyrrole nitrogens is 2. The van der Waals surface area contributed by atoms with Crippen LogP contribution in [0.1, 0.15) is 0 Å². The molecule has 116 valence electrons. The lowest BCUT2D eigenvalue weighted by Gasteiger charge is -2.04. The first-order chi connectivity index (χ1) is 11.2. The molecule has 2 aromatic carbocycles. The Kier molecular flexibility index (Phi) is 3.27. The van der Waals surface area contributed by atoms with E-state index < -0.39 is 0 Å². The fourth-order valence-electron chi connectivity index (χ4n) is 2.77. The minimum Gasteiger partial charge on any atom is -0.494 e. The van der Waals surface area contributed by atoms with E-state index in [-0.39, 0.29) is 11.6 Å². The molecule has 1 heterocycles. The molecule has 1 aliphatic heterocycles. The predicted molar refractivity (Wildman–Crippen MR) is 93.2 cm³/mol. The molecule has 0 radical (unpaired) electrons. The fourth-order valence-corrected chi connectivity index (χ4v) is 3.17. The van der Waals surface area contributed by atoms with Crippen LogP contribution in [-0.2, 0) is 0 Å². The van der Waals surface area contributed by atoms with Crippen LogP contribution in [0.3, 0.4) is 0 Å². The summed E-state index contributed by atoms with van der Waals surface area (Å²) in [5, 5.41) is 11.3. The summed E-state index contributed by atoms with van der Waals surface area (Å²) in [5.41, 5.74) is 2.83. The SMILES string of the molecule is COc1cc2c3[nH][nH]c(Nc4cccc(Br)c4)c-3cc2cc1F. The van der Waals surface area contributed by atoms with E-state index in [2.05, 4.69) is 31.4 Å². The molecule has 23 heavy (non-hydrogen) atoms. The minimum atomic E-state index is -0.363. The van der Waals surface area contributed by atoms with E-state index in [0.29, 0.717) is 0 Å². The number of fused-ring (bicyclic) bond motifs is 3. The summed E-state index contributed by atoms with van der Waals surface area (Å²) in [4.78, 5) is 0. The molecule has 4 nitrogen and oxygen atoms in total. The number of aromatic amines is 2. The second-order valence-corrected chi connectivity index (χ2v) is 6.18. The van der Waals surface area contributed by atoms with Crippen LogP contribution in [-0.4, -0.2) is 17.3 Å². The number of benzene rings is 2. The van der Waals surface area contributed by atoms with E-state index in [4.69, 9.17) is 4.74 Å². The monoisotopic (exact) mass is 373 g/mol. The Hall–Kier alpha value is -2.47. The van der Waals surface area contributed by atoms with Crippen LogP contribution in [0.2, 0.25) is 0 Å². The summed E-state index contributed by atoms with van der Waals surface area (Å²) in [6, 6.07) is 13.0. The Labute approximate surface area is 140 Å². The summed E-state index contributed by atoms with van der Waals surface area (Å²) in [5.74, 6) is 0.702. The summed E-state index contributed by atoms with van der Waals surface area (Å²) < 4.78 is 19.9. The normalized spacial score (nSPS) is 11.3. The van der Waals surface area contributed by atoms with Crippen LogP contribution < -0.4 is 10.1 Å². The van der Waals surface area contributed by atoms with Gasteiger partial charge in [0.2, 0.25) is 0 Å². The second-order valence-electron chi connectivity index (χ2n) is 5.27. The van der Waals surface area contributed by atoms with Gasteiger partial charge in [0.15, 0.2) is 11.6 Å². The van der Waals surface area contributed by atoms with Crippen molar-refractivity contribution in [1.82, 2.24) is 10.2 Å². The maximum Gasteiger partial charge on any atom is 0.165 e. The molecule has 2 aliphatic rings. The zero-order valence-corrected chi connectivity index (χ0v) is 13.8.